The van der Waals surface area contributed by atoms with Crippen LogP contribution in [0.15, 0.2) is 0 Å². The van der Waals surface area contributed by atoms with Crippen molar-refractivity contribution in [3.63, 3.8) is 0 Å². The van der Waals surface area contributed by atoms with E-state index in [1.54, 1.807) is 0 Å². The predicted octanol–water partition coefficient (Wildman–Crippen LogP) is 0.973. The molecule has 0 aromatic rings. The van der Waals surface area contributed by atoms with Crippen molar-refractivity contribution in [1.82, 2.24) is 15.5 Å². The maximum Gasteiger partial charge on any atom is 0.237 e. The van der Waals surface area contributed by atoms with Crippen LogP contribution in [0.25, 0.3) is 0 Å². The Morgan fingerprint density at radius 3 is 2.24 bits per heavy atom. The fourth-order valence-corrected chi connectivity index (χ4v) is 2.22. The van der Waals surface area contributed by atoms with Gasteiger partial charge in [0, 0.05) is 24.7 Å². The normalized spacial score (nSPS) is 21.2. The summed E-state index contributed by atoms with van der Waals surface area (Å²) in [5.74, 6) is 0.139. The van der Waals surface area contributed by atoms with Crippen molar-refractivity contribution in [2.75, 3.05) is 20.1 Å². The van der Waals surface area contributed by atoms with Gasteiger partial charge >= 0.3 is 0 Å². The van der Waals surface area contributed by atoms with E-state index in [9.17, 15) is 4.79 Å². The Kier molecular flexibility index (Phi) is 4.95. The molecule has 2 N–H and O–H groups in total. The number of hydrogen-bond donors (Lipinski definition) is 2. The number of carbonyl (C=O) groups excluding carboxylic acids is 1. The third-order valence-electron chi connectivity index (χ3n) is 3.36. The molecule has 0 aromatic carbocycles. The quantitative estimate of drug-likeness (QED) is 0.774. The molecule has 1 heterocycles. The first-order valence-electron chi connectivity index (χ1n) is 6.57. The van der Waals surface area contributed by atoms with Gasteiger partial charge in [0.05, 0.1) is 6.04 Å². The van der Waals surface area contributed by atoms with E-state index in [1.165, 1.54) is 0 Å². The van der Waals surface area contributed by atoms with Gasteiger partial charge in [-0.05, 0) is 47.6 Å². The lowest BCUT2D eigenvalue weighted by atomic mass is 10.0. The van der Waals surface area contributed by atoms with Crippen molar-refractivity contribution >= 4 is 5.91 Å². The Morgan fingerprint density at radius 2 is 1.82 bits per heavy atom. The van der Waals surface area contributed by atoms with Gasteiger partial charge in [-0.25, -0.2) is 0 Å². The van der Waals surface area contributed by atoms with Crippen LogP contribution in [0.5, 0.6) is 0 Å². The number of amides is 1. The zero-order valence-electron chi connectivity index (χ0n) is 11.8. The van der Waals surface area contributed by atoms with Crippen molar-refractivity contribution in [2.24, 2.45) is 0 Å². The highest BCUT2D eigenvalue weighted by Crippen LogP contribution is 2.13. The summed E-state index contributed by atoms with van der Waals surface area (Å²) < 4.78 is 0. The van der Waals surface area contributed by atoms with Crippen molar-refractivity contribution < 1.29 is 4.79 Å². The highest BCUT2D eigenvalue weighted by molar-refractivity contribution is 5.81. The monoisotopic (exact) mass is 241 g/mol. The topological polar surface area (TPSA) is 44.4 Å². The van der Waals surface area contributed by atoms with Crippen LogP contribution >= 0.6 is 0 Å². The van der Waals surface area contributed by atoms with E-state index < -0.39 is 0 Å². The molecule has 1 fully saturated rings. The predicted molar refractivity (Wildman–Crippen MR) is 71.0 cm³/mol. The van der Waals surface area contributed by atoms with Crippen LogP contribution in [0.3, 0.4) is 0 Å². The van der Waals surface area contributed by atoms with Crippen LogP contribution < -0.4 is 10.6 Å². The van der Waals surface area contributed by atoms with Gasteiger partial charge < -0.3 is 10.6 Å². The maximum atomic E-state index is 12.0. The SMILES string of the molecule is CNC1CCN(C(C)C(=O)NC(C)(C)C)CC1. The molecular weight excluding hydrogens is 214 g/mol. The number of nitrogens with one attached hydrogen (secondary N) is 2. The van der Waals surface area contributed by atoms with Gasteiger partial charge in [0.2, 0.25) is 5.91 Å². The zero-order chi connectivity index (χ0) is 13.1. The number of carbonyl (C=O) groups is 1. The molecule has 1 rings (SSSR count). The molecule has 100 valence electrons. The molecular formula is C13H27N3O. The molecule has 17 heavy (non-hydrogen) atoms. The lowest BCUT2D eigenvalue weighted by molar-refractivity contribution is -0.127. The fourth-order valence-electron chi connectivity index (χ4n) is 2.22. The van der Waals surface area contributed by atoms with Gasteiger partial charge in [-0.15, -0.1) is 0 Å². The first-order chi connectivity index (χ1) is 7.83. The lowest BCUT2D eigenvalue weighted by Crippen LogP contribution is -2.53. The summed E-state index contributed by atoms with van der Waals surface area (Å²) in [5.41, 5.74) is -0.144. The number of rotatable bonds is 3. The van der Waals surface area contributed by atoms with Crippen LogP contribution in [-0.4, -0.2) is 48.6 Å². The molecule has 0 saturated carbocycles. The summed E-state index contributed by atoms with van der Waals surface area (Å²) in [4.78, 5) is 14.3. The third kappa shape index (κ3) is 4.64. The lowest BCUT2D eigenvalue weighted by Gasteiger charge is -2.36. The summed E-state index contributed by atoms with van der Waals surface area (Å²) in [7, 11) is 2.01. The van der Waals surface area contributed by atoms with E-state index in [0.717, 1.165) is 25.9 Å². The molecule has 4 nitrogen and oxygen atoms in total. The molecule has 1 aliphatic rings. The van der Waals surface area contributed by atoms with Crippen LogP contribution in [-0.2, 0) is 4.79 Å². The van der Waals surface area contributed by atoms with E-state index in [0.29, 0.717) is 6.04 Å². The summed E-state index contributed by atoms with van der Waals surface area (Å²) >= 11 is 0. The molecule has 1 unspecified atom stereocenters. The second-order valence-corrected chi connectivity index (χ2v) is 6.01. The smallest absolute Gasteiger partial charge is 0.237 e. The van der Waals surface area contributed by atoms with Crippen molar-refractivity contribution in [2.45, 2.75) is 58.2 Å². The molecule has 0 aliphatic carbocycles. The highest BCUT2D eigenvalue weighted by Gasteiger charge is 2.27. The standard InChI is InChI=1S/C13H27N3O/c1-10(12(17)15-13(2,3)4)16-8-6-11(14-5)7-9-16/h10-11,14H,6-9H2,1-5H3,(H,15,17). The van der Waals surface area contributed by atoms with Crippen LogP contribution in [0.1, 0.15) is 40.5 Å². The van der Waals surface area contributed by atoms with Crippen molar-refractivity contribution in [3.8, 4) is 0 Å². The number of nitrogens with zero attached hydrogens (tertiary/aromatic N) is 1. The average Bonchev–Trinajstić information content (AvgIpc) is 2.26. The first kappa shape index (κ1) is 14.5. The summed E-state index contributed by atoms with van der Waals surface area (Å²) in [6, 6.07) is 0.594. The third-order valence-corrected chi connectivity index (χ3v) is 3.36. The molecule has 0 aromatic heterocycles. The van der Waals surface area contributed by atoms with Gasteiger partial charge in [0.1, 0.15) is 0 Å². The minimum Gasteiger partial charge on any atom is -0.350 e. The Hall–Kier alpha value is -0.610. The van der Waals surface area contributed by atoms with Gasteiger partial charge in [-0.2, -0.15) is 0 Å². The van der Waals surface area contributed by atoms with Gasteiger partial charge in [0.25, 0.3) is 0 Å². The Morgan fingerprint density at radius 1 is 1.29 bits per heavy atom. The van der Waals surface area contributed by atoms with Gasteiger partial charge in [-0.1, -0.05) is 0 Å². The summed E-state index contributed by atoms with van der Waals surface area (Å²) in [5, 5.41) is 6.35. The molecule has 4 heteroatoms. The van der Waals surface area contributed by atoms with E-state index in [4.69, 9.17) is 0 Å². The minimum absolute atomic E-state index is 0.0213. The zero-order valence-corrected chi connectivity index (χ0v) is 11.8. The van der Waals surface area contributed by atoms with Gasteiger partial charge in [-0.3, -0.25) is 9.69 Å². The van der Waals surface area contributed by atoms with E-state index in [-0.39, 0.29) is 17.5 Å². The van der Waals surface area contributed by atoms with Crippen LogP contribution in [0.2, 0.25) is 0 Å². The second kappa shape index (κ2) is 5.83. The van der Waals surface area contributed by atoms with Crippen molar-refractivity contribution in [3.05, 3.63) is 0 Å². The second-order valence-electron chi connectivity index (χ2n) is 6.01. The largest absolute Gasteiger partial charge is 0.350 e. The highest BCUT2D eigenvalue weighted by atomic mass is 16.2. The number of likely N-dealkylation sites (tertiary alicyclic amines) is 1. The average molecular weight is 241 g/mol. The maximum absolute atomic E-state index is 12.0. The minimum atomic E-state index is -0.144. The Bertz CT molecular complexity index is 252. The first-order valence-corrected chi connectivity index (χ1v) is 6.57. The van der Waals surface area contributed by atoms with Crippen LogP contribution in [0.4, 0.5) is 0 Å². The molecule has 1 atom stereocenters. The Balaban J connectivity index is 2.43. The van der Waals surface area contributed by atoms with Crippen molar-refractivity contribution in [1.29, 1.82) is 0 Å². The summed E-state index contributed by atoms with van der Waals surface area (Å²) in [6.45, 7) is 10.1. The number of hydrogen-bond acceptors (Lipinski definition) is 3. The van der Waals surface area contributed by atoms with Crippen LogP contribution in [0, 0.1) is 0 Å². The fraction of sp³-hybridized carbons (Fsp3) is 0.923. The molecule has 0 bridgehead atoms. The van der Waals surface area contributed by atoms with E-state index >= 15 is 0 Å². The number of piperidine rings is 1. The van der Waals surface area contributed by atoms with Gasteiger partial charge in [0.15, 0.2) is 0 Å². The summed E-state index contributed by atoms with van der Waals surface area (Å²) in [6.07, 6.45) is 2.26. The molecule has 1 amide bonds. The Labute approximate surface area is 105 Å². The molecule has 1 saturated heterocycles. The molecule has 0 spiro atoms. The van der Waals surface area contributed by atoms with E-state index in [1.807, 2.05) is 34.7 Å². The van der Waals surface area contributed by atoms with E-state index in [2.05, 4.69) is 15.5 Å². The molecule has 0 radical (unpaired) electrons. The molecule has 1 aliphatic heterocycles.